The molecule has 0 atom stereocenters. The standard InChI is InChI=1S/C27H36N2O4/c1-33-25(32)27(22-5-3-2-4-6-22)8-11-29(12-9-27)23(30)7-10-28-24(31)26-16-19-13-20(17-26)15-21(14-19)18-26/h2-6,19-21H,7-18H2,1H3,(H,28,31). The van der Waals surface area contributed by atoms with Crippen LogP contribution in [0, 0.1) is 23.2 Å². The molecule has 1 aliphatic heterocycles. The van der Waals surface area contributed by atoms with Gasteiger partial charge < -0.3 is 15.0 Å². The summed E-state index contributed by atoms with van der Waals surface area (Å²) in [6, 6.07) is 9.74. The molecule has 6 rings (SSSR count). The van der Waals surface area contributed by atoms with Crippen LogP contribution >= 0.6 is 0 Å². The van der Waals surface area contributed by atoms with Crippen molar-refractivity contribution in [3.05, 3.63) is 35.9 Å². The molecule has 1 N–H and O–H groups in total. The van der Waals surface area contributed by atoms with Crippen molar-refractivity contribution in [2.45, 2.75) is 63.2 Å². The highest BCUT2D eigenvalue weighted by atomic mass is 16.5. The molecular formula is C27H36N2O4. The van der Waals surface area contributed by atoms with Crippen LogP contribution in [0.15, 0.2) is 30.3 Å². The molecule has 1 heterocycles. The van der Waals surface area contributed by atoms with E-state index < -0.39 is 5.41 Å². The molecule has 0 unspecified atom stereocenters. The molecule has 0 radical (unpaired) electrons. The quantitative estimate of drug-likeness (QED) is 0.671. The molecule has 5 aliphatic rings. The number of piperidine rings is 1. The molecule has 33 heavy (non-hydrogen) atoms. The van der Waals surface area contributed by atoms with Crippen molar-refractivity contribution in [2.75, 3.05) is 26.7 Å². The Labute approximate surface area is 196 Å². The number of carbonyl (C=O) groups is 3. The zero-order valence-electron chi connectivity index (χ0n) is 19.7. The first-order chi connectivity index (χ1) is 15.9. The number of carbonyl (C=O) groups excluding carboxylic acids is 3. The number of amides is 2. The average Bonchev–Trinajstić information content (AvgIpc) is 2.83. The fourth-order valence-corrected chi connectivity index (χ4v) is 7.72. The molecule has 6 nitrogen and oxygen atoms in total. The minimum atomic E-state index is -0.695. The van der Waals surface area contributed by atoms with Gasteiger partial charge in [-0.05, 0) is 74.7 Å². The lowest BCUT2D eigenvalue weighted by Gasteiger charge is -2.55. The topological polar surface area (TPSA) is 75.7 Å². The number of nitrogens with zero attached hydrogens (tertiary/aromatic N) is 1. The lowest BCUT2D eigenvalue weighted by atomic mass is 9.49. The molecule has 0 spiro atoms. The first-order valence-electron chi connectivity index (χ1n) is 12.6. The summed E-state index contributed by atoms with van der Waals surface area (Å²) in [5.41, 5.74) is 0.0879. The van der Waals surface area contributed by atoms with E-state index in [-0.39, 0.29) is 23.2 Å². The van der Waals surface area contributed by atoms with Gasteiger partial charge in [0.2, 0.25) is 11.8 Å². The first kappa shape index (κ1) is 22.4. The minimum absolute atomic E-state index is 0.0485. The van der Waals surface area contributed by atoms with Crippen LogP contribution in [0.25, 0.3) is 0 Å². The number of esters is 1. The van der Waals surface area contributed by atoms with E-state index in [1.807, 2.05) is 35.2 Å². The minimum Gasteiger partial charge on any atom is -0.468 e. The number of ether oxygens (including phenoxy) is 1. The monoisotopic (exact) mass is 452 g/mol. The maximum atomic E-state index is 13.1. The van der Waals surface area contributed by atoms with Crippen LogP contribution in [0.1, 0.15) is 63.4 Å². The van der Waals surface area contributed by atoms with Crippen molar-refractivity contribution in [3.8, 4) is 0 Å². The third-order valence-corrected chi connectivity index (χ3v) is 9.02. The molecular weight excluding hydrogens is 416 g/mol. The summed E-state index contributed by atoms with van der Waals surface area (Å²) in [4.78, 5) is 40.5. The lowest BCUT2D eigenvalue weighted by Crippen LogP contribution is -2.54. The summed E-state index contributed by atoms with van der Waals surface area (Å²) < 4.78 is 5.15. The van der Waals surface area contributed by atoms with Crippen molar-refractivity contribution in [3.63, 3.8) is 0 Å². The highest BCUT2D eigenvalue weighted by Crippen LogP contribution is 2.60. The van der Waals surface area contributed by atoms with Gasteiger partial charge in [0.25, 0.3) is 0 Å². The Morgan fingerprint density at radius 3 is 2.09 bits per heavy atom. The van der Waals surface area contributed by atoms with Gasteiger partial charge in [-0.1, -0.05) is 30.3 Å². The van der Waals surface area contributed by atoms with E-state index in [0.717, 1.165) is 42.6 Å². The molecule has 1 saturated heterocycles. The molecule has 1 aromatic carbocycles. The van der Waals surface area contributed by atoms with Crippen molar-refractivity contribution >= 4 is 17.8 Å². The number of hydrogen-bond acceptors (Lipinski definition) is 4. The van der Waals surface area contributed by atoms with Crippen LogP contribution in [0.3, 0.4) is 0 Å². The van der Waals surface area contributed by atoms with Gasteiger partial charge in [0, 0.05) is 31.5 Å². The van der Waals surface area contributed by atoms with Gasteiger partial charge in [-0.3, -0.25) is 14.4 Å². The number of methoxy groups -OCH3 is 1. The van der Waals surface area contributed by atoms with Gasteiger partial charge in [-0.25, -0.2) is 0 Å². The summed E-state index contributed by atoms with van der Waals surface area (Å²) >= 11 is 0. The van der Waals surface area contributed by atoms with E-state index in [1.54, 1.807) is 0 Å². The predicted molar refractivity (Wildman–Crippen MR) is 124 cm³/mol. The van der Waals surface area contributed by atoms with Crippen LogP contribution in [0.4, 0.5) is 0 Å². The number of hydrogen-bond donors (Lipinski definition) is 1. The van der Waals surface area contributed by atoms with Crippen LogP contribution in [-0.4, -0.2) is 49.4 Å². The van der Waals surface area contributed by atoms with E-state index in [9.17, 15) is 14.4 Å². The van der Waals surface area contributed by atoms with Crippen molar-refractivity contribution < 1.29 is 19.1 Å². The maximum Gasteiger partial charge on any atom is 0.316 e. The number of nitrogens with one attached hydrogen (secondary N) is 1. The average molecular weight is 453 g/mol. The van der Waals surface area contributed by atoms with Gasteiger partial charge in [0.15, 0.2) is 0 Å². The third kappa shape index (κ3) is 4.06. The number of benzene rings is 1. The van der Waals surface area contributed by atoms with Crippen molar-refractivity contribution in [1.29, 1.82) is 0 Å². The normalized spacial score (nSPS) is 31.8. The smallest absolute Gasteiger partial charge is 0.316 e. The largest absolute Gasteiger partial charge is 0.468 e. The Morgan fingerprint density at radius 2 is 1.55 bits per heavy atom. The fourth-order valence-electron chi connectivity index (χ4n) is 7.72. The molecule has 0 aromatic heterocycles. The third-order valence-electron chi connectivity index (χ3n) is 9.02. The Kier molecular flexibility index (Phi) is 5.96. The van der Waals surface area contributed by atoms with Crippen LogP contribution in [0.2, 0.25) is 0 Å². The number of likely N-dealkylation sites (tertiary alicyclic amines) is 1. The van der Waals surface area contributed by atoms with E-state index in [2.05, 4.69) is 5.32 Å². The second-order valence-electron chi connectivity index (χ2n) is 11.0. The Morgan fingerprint density at radius 1 is 0.970 bits per heavy atom. The summed E-state index contributed by atoms with van der Waals surface area (Å²) in [5.74, 6) is 2.20. The molecule has 4 bridgehead atoms. The lowest BCUT2D eigenvalue weighted by molar-refractivity contribution is -0.152. The maximum absolute atomic E-state index is 13.1. The van der Waals surface area contributed by atoms with E-state index in [4.69, 9.17) is 4.74 Å². The fraction of sp³-hybridized carbons (Fsp3) is 0.667. The predicted octanol–water partition coefficient (Wildman–Crippen LogP) is 3.44. The van der Waals surface area contributed by atoms with Gasteiger partial charge in [-0.2, -0.15) is 0 Å². The SMILES string of the molecule is COC(=O)C1(c2ccccc2)CCN(C(=O)CCNC(=O)C23CC4CC(CC(C4)C2)C3)CC1. The molecule has 4 saturated carbocycles. The Hall–Kier alpha value is -2.37. The van der Waals surface area contributed by atoms with Crippen LogP contribution < -0.4 is 5.32 Å². The van der Waals surface area contributed by atoms with E-state index in [0.29, 0.717) is 38.9 Å². The van der Waals surface area contributed by atoms with Crippen molar-refractivity contribution in [1.82, 2.24) is 10.2 Å². The molecule has 1 aromatic rings. The first-order valence-corrected chi connectivity index (χ1v) is 12.6. The van der Waals surface area contributed by atoms with E-state index in [1.165, 1.54) is 26.4 Å². The summed E-state index contributed by atoms with van der Waals surface area (Å²) in [6.07, 6.45) is 8.49. The summed E-state index contributed by atoms with van der Waals surface area (Å²) in [6.45, 7) is 1.44. The highest BCUT2D eigenvalue weighted by molar-refractivity contribution is 5.85. The second-order valence-corrected chi connectivity index (χ2v) is 11.0. The highest BCUT2D eigenvalue weighted by Gasteiger charge is 2.54. The Bertz CT molecular complexity index is 869. The molecule has 178 valence electrons. The van der Waals surface area contributed by atoms with Crippen LogP contribution in [0.5, 0.6) is 0 Å². The summed E-state index contributed by atoms with van der Waals surface area (Å²) in [5, 5.41) is 3.12. The summed E-state index contributed by atoms with van der Waals surface area (Å²) in [7, 11) is 1.43. The molecule has 4 aliphatic carbocycles. The zero-order chi connectivity index (χ0) is 23.1. The number of rotatable bonds is 6. The second kappa shape index (κ2) is 8.77. The van der Waals surface area contributed by atoms with Gasteiger partial charge in [0.05, 0.1) is 12.5 Å². The van der Waals surface area contributed by atoms with Crippen molar-refractivity contribution in [2.24, 2.45) is 23.2 Å². The van der Waals surface area contributed by atoms with Gasteiger partial charge >= 0.3 is 5.97 Å². The van der Waals surface area contributed by atoms with Crippen LogP contribution in [-0.2, 0) is 24.5 Å². The van der Waals surface area contributed by atoms with E-state index >= 15 is 0 Å². The van der Waals surface area contributed by atoms with Gasteiger partial charge in [0.1, 0.15) is 0 Å². The molecule has 6 heteroatoms. The zero-order valence-corrected chi connectivity index (χ0v) is 19.7. The molecule has 2 amide bonds. The Balaban J connectivity index is 1.14. The van der Waals surface area contributed by atoms with Gasteiger partial charge in [-0.15, -0.1) is 0 Å². The molecule has 5 fully saturated rings.